The lowest BCUT2D eigenvalue weighted by Gasteiger charge is -2.24. The Labute approximate surface area is 117 Å². The van der Waals surface area contributed by atoms with Crippen LogP contribution in [0.25, 0.3) is 0 Å². The molecule has 3 N–H and O–H groups in total. The number of hydrogen-bond donors (Lipinski definition) is 2. The monoisotopic (exact) mass is 266 g/mol. The standard InChI is InChI=1S/C16H30N2O/c1-12(7-8-13-5-3-2-4-6-13)18-16(19)14-9-10-15(17)11-14/h12-15H,2-11,17H2,1H3,(H,18,19). The van der Waals surface area contributed by atoms with E-state index in [-0.39, 0.29) is 17.9 Å². The predicted octanol–water partition coefficient (Wildman–Crippen LogP) is 2.98. The summed E-state index contributed by atoms with van der Waals surface area (Å²) in [5.41, 5.74) is 5.87. The lowest BCUT2D eigenvalue weighted by molar-refractivity contribution is -0.125. The van der Waals surface area contributed by atoms with Crippen molar-refractivity contribution in [2.75, 3.05) is 0 Å². The minimum absolute atomic E-state index is 0.173. The van der Waals surface area contributed by atoms with Crippen molar-refractivity contribution in [1.82, 2.24) is 5.32 Å². The minimum atomic E-state index is 0.173. The third-order valence-electron chi connectivity index (χ3n) is 4.97. The lowest BCUT2D eigenvalue weighted by Crippen LogP contribution is -2.37. The predicted molar refractivity (Wildman–Crippen MR) is 78.7 cm³/mol. The van der Waals surface area contributed by atoms with E-state index in [1.165, 1.54) is 38.5 Å². The van der Waals surface area contributed by atoms with Gasteiger partial charge >= 0.3 is 0 Å². The van der Waals surface area contributed by atoms with Gasteiger partial charge in [-0.25, -0.2) is 0 Å². The summed E-state index contributed by atoms with van der Waals surface area (Å²) in [5, 5.41) is 3.19. The average Bonchev–Trinajstić information content (AvgIpc) is 2.84. The molecule has 0 aromatic carbocycles. The summed E-state index contributed by atoms with van der Waals surface area (Å²) in [4.78, 5) is 12.1. The molecular formula is C16H30N2O. The summed E-state index contributed by atoms with van der Waals surface area (Å²) >= 11 is 0. The number of nitrogens with one attached hydrogen (secondary N) is 1. The van der Waals surface area contributed by atoms with Gasteiger partial charge in [-0.3, -0.25) is 4.79 Å². The van der Waals surface area contributed by atoms with Crippen molar-refractivity contribution in [2.45, 2.75) is 83.2 Å². The highest BCUT2D eigenvalue weighted by Crippen LogP contribution is 2.28. The van der Waals surface area contributed by atoms with Crippen molar-refractivity contribution in [1.29, 1.82) is 0 Å². The van der Waals surface area contributed by atoms with Crippen LogP contribution in [0.2, 0.25) is 0 Å². The average molecular weight is 266 g/mol. The van der Waals surface area contributed by atoms with Gasteiger partial charge in [0.05, 0.1) is 0 Å². The number of rotatable bonds is 5. The van der Waals surface area contributed by atoms with Crippen molar-refractivity contribution >= 4 is 5.91 Å². The molecule has 0 radical (unpaired) electrons. The molecular weight excluding hydrogens is 236 g/mol. The third kappa shape index (κ3) is 4.79. The van der Waals surface area contributed by atoms with Gasteiger partial charge in [-0.2, -0.15) is 0 Å². The molecule has 2 saturated carbocycles. The number of hydrogen-bond acceptors (Lipinski definition) is 2. The fourth-order valence-electron chi connectivity index (χ4n) is 3.65. The Bertz CT molecular complexity index is 286. The summed E-state index contributed by atoms with van der Waals surface area (Å²) in [6.45, 7) is 2.15. The van der Waals surface area contributed by atoms with Crippen molar-refractivity contribution in [3.8, 4) is 0 Å². The van der Waals surface area contributed by atoms with Crippen LogP contribution >= 0.6 is 0 Å². The van der Waals surface area contributed by atoms with Crippen molar-refractivity contribution in [2.24, 2.45) is 17.6 Å². The molecule has 3 heteroatoms. The molecule has 0 aliphatic heterocycles. The molecule has 0 heterocycles. The van der Waals surface area contributed by atoms with Crippen LogP contribution in [-0.4, -0.2) is 18.0 Å². The molecule has 19 heavy (non-hydrogen) atoms. The van der Waals surface area contributed by atoms with Crippen LogP contribution in [0, 0.1) is 11.8 Å². The first kappa shape index (κ1) is 14.8. The second kappa shape index (κ2) is 7.28. The number of nitrogens with two attached hydrogens (primary N) is 1. The van der Waals surface area contributed by atoms with Crippen molar-refractivity contribution in [3.05, 3.63) is 0 Å². The van der Waals surface area contributed by atoms with Gasteiger partial charge in [0.25, 0.3) is 0 Å². The molecule has 0 bridgehead atoms. The zero-order chi connectivity index (χ0) is 13.7. The highest BCUT2D eigenvalue weighted by Gasteiger charge is 2.28. The normalized spacial score (nSPS) is 30.2. The second-order valence-corrected chi connectivity index (χ2v) is 6.76. The van der Waals surface area contributed by atoms with E-state index in [0.29, 0.717) is 6.04 Å². The Kier molecular flexibility index (Phi) is 5.68. The molecule has 2 fully saturated rings. The van der Waals surface area contributed by atoms with Gasteiger partial charge < -0.3 is 11.1 Å². The number of amides is 1. The highest BCUT2D eigenvalue weighted by atomic mass is 16.1. The van der Waals surface area contributed by atoms with Crippen LogP contribution < -0.4 is 11.1 Å². The Hall–Kier alpha value is -0.570. The van der Waals surface area contributed by atoms with Gasteiger partial charge in [0.15, 0.2) is 0 Å². The molecule has 3 nitrogen and oxygen atoms in total. The van der Waals surface area contributed by atoms with Crippen LogP contribution in [0.1, 0.15) is 71.1 Å². The largest absolute Gasteiger partial charge is 0.353 e. The fourth-order valence-corrected chi connectivity index (χ4v) is 3.65. The van der Waals surface area contributed by atoms with Crippen LogP contribution in [0.3, 0.4) is 0 Å². The van der Waals surface area contributed by atoms with Gasteiger partial charge in [0.2, 0.25) is 5.91 Å². The summed E-state index contributed by atoms with van der Waals surface area (Å²) in [6, 6.07) is 0.569. The van der Waals surface area contributed by atoms with Crippen LogP contribution in [0.15, 0.2) is 0 Å². The molecule has 2 rings (SSSR count). The zero-order valence-corrected chi connectivity index (χ0v) is 12.4. The zero-order valence-electron chi connectivity index (χ0n) is 12.4. The van der Waals surface area contributed by atoms with Crippen LogP contribution in [-0.2, 0) is 4.79 Å². The lowest BCUT2D eigenvalue weighted by atomic mass is 9.85. The Morgan fingerprint density at radius 3 is 2.58 bits per heavy atom. The Morgan fingerprint density at radius 1 is 1.21 bits per heavy atom. The first-order chi connectivity index (χ1) is 9.15. The molecule has 110 valence electrons. The quantitative estimate of drug-likeness (QED) is 0.803. The van der Waals surface area contributed by atoms with Gasteiger partial charge in [-0.15, -0.1) is 0 Å². The van der Waals surface area contributed by atoms with Crippen LogP contribution in [0.5, 0.6) is 0 Å². The molecule has 2 aliphatic rings. The first-order valence-electron chi connectivity index (χ1n) is 8.21. The van der Waals surface area contributed by atoms with E-state index in [0.717, 1.165) is 31.6 Å². The molecule has 1 amide bonds. The molecule has 0 spiro atoms. The number of carbonyl (C=O) groups is 1. The van der Waals surface area contributed by atoms with Gasteiger partial charge in [0.1, 0.15) is 0 Å². The maximum absolute atomic E-state index is 12.1. The van der Waals surface area contributed by atoms with E-state index in [2.05, 4.69) is 12.2 Å². The topological polar surface area (TPSA) is 55.1 Å². The van der Waals surface area contributed by atoms with E-state index in [4.69, 9.17) is 5.73 Å². The molecule has 3 unspecified atom stereocenters. The third-order valence-corrected chi connectivity index (χ3v) is 4.97. The Morgan fingerprint density at radius 2 is 1.95 bits per heavy atom. The maximum atomic E-state index is 12.1. The van der Waals surface area contributed by atoms with E-state index < -0.39 is 0 Å². The number of carbonyl (C=O) groups excluding carboxylic acids is 1. The molecule has 0 aromatic heterocycles. The van der Waals surface area contributed by atoms with Gasteiger partial charge in [-0.1, -0.05) is 32.1 Å². The first-order valence-corrected chi connectivity index (χ1v) is 8.21. The summed E-state index contributed by atoms with van der Waals surface area (Å²) in [7, 11) is 0. The molecule has 2 aliphatic carbocycles. The molecule has 0 saturated heterocycles. The van der Waals surface area contributed by atoms with E-state index in [1.807, 2.05) is 0 Å². The summed E-state index contributed by atoms with van der Waals surface area (Å²) in [5.74, 6) is 1.32. The SMILES string of the molecule is CC(CCC1CCCCC1)NC(=O)C1CCC(N)C1. The smallest absolute Gasteiger partial charge is 0.223 e. The van der Waals surface area contributed by atoms with E-state index in [9.17, 15) is 4.79 Å². The van der Waals surface area contributed by atoms with Crippen molar-refractivity contribution in [3.63, 3.8) is 0 Å². The minimum Gasteiger partial charge on any atom is -0.353 e. The summed E-state index contributed by atoms with van der Waals surface area (Å²) < 4.78 is 0. The molecule has 3 atom stereocenters. The summed E-state index contributed by atoms with van der Waals surface area (Å²) in [6.07, 6.45) is 12.3. The fraction of sp³-hybridized carbons (Fsp3) is 0.938. The van der Waals surface area contributed by atoms with E-state index >= 15 is 0 Å². The van der Waals surface area contributed by atoms with Crippen molar-refractivity contribution < 1.29 is 4.79 Å². The Balaban J connectivity index is 1.63. The maximum Gasteiger partial charge on any atom is 0.223 e. The molecule has 0 aromatic rings. The highest BCUT2D eigenvalue weighted by molar-refractivity contribution is 5.79. The van der Waals surface area contributed by atoms with E-state index in [1.54, 1.807) is 0 Å². The van der Waals surface area contributed by atoms with Gasteiger partial charge in [-0.05, 0) is 44.9 Å². The second-order valence-electron chi connectivity index (χ2n) is 6.76. The van der Waals surface area contributed by atoms with Crippen LogP contribution in [0.4, 0.5) is 0 Å². The van der Waals surface area contributed by atoms with Gasteiger partial charge in [0, 0.05) is 18.0 Å².